The standard InChI is InChI=1S/C46H33N3OS2/c1-49-45(27-10-3-2-4-11-27)47-44(29-19-21-33-32-12-5-7-16-38(32)50-39(33)24-29)48-46(49)30-20-23-36-35-22-18-28(25-41(35)51-42(36)26-30)31-14-9-15-37-34-13-6-8-17-40(34)52-43(31)37/h2-26,44-48H,1H3. The Morgan fingerprint density at radius 1 is 0.481 bits per heavy atom. The summed E-state index contributed by atoms with van der Waals surface area (Å²) in [5.41, 5.74) is 8.02. The second-order valence-electron chi connectivity index (χ2n) is 13.9. The average Bonchev–Trinajstić information content (AvgIpc) is 3.88. The van der Waals surface area contributed by atoms with Gasteiger partial charge >= 0.3 is 0 Å². The molecule has 4 heterocycles. The van der Waals surface area contributed by atoms with Crippen LogP contribution in [-0.2, 0) is 0 Å². The van der Waals surface area contributed by atoms with Crippen LogP contribution < -0.4 is 10.6 Å². The first-order valence-electron chi connectivity index (χ1n) is 17.7. The van der Waals surface area contributed by atoms with Gasteiger partial charge in [-0.1, -0.05) is 121 Å². The largest absolute Gasteiger partial charge is 0.456 e. The molecule has 1 saturated heterocycles. The molecule has 1 fully saturated rings. The van der Waals surface area contributed by atoms with Crippen LogP contribution in [0.3, 0.4) is 0 Å². The predicted molar refractivity (Wildman–Crippen MR) is 220 cm³/mol. The van der Waals surface area contributed by atoms with Crippen LogP contribution in [0.25, 0.3) is 73.4 Å². The predicted octanol–water partition coefficient (Wildman–Crippen LogP) is 12.5. The van der Waals surface area contributed by atoms with Crippen molar-refractivity contribution in [1.29, 1.82) is 0 Å². The summed E-state index contributed by atoms with van der Waals surface area (Å²) < 4.78 is 11.6. The molecule has 0 aliphatic carbocycles. The Kier molecular flexibility index (Phi) is 6.91. The second-order valence-corrected chi connectivity index (χ2v) is 16.0. The third-order valence-electron chi connectivity index (χ3n) is 10.8. The highest BCUT2D eigenvalue weighted by atomic mass is 32.1. The van der Waals surface area contributed by atoms with Gasteiger partial charge in [0.2, 0.25) is 0 Å². The zero-order chi connectivity index (χ0) is 34.3. The highest BCUT2D eigenvalue weighted by molar-refractivity contribution is 7.26. The van der Waals surface area contributed by atoms with Crippen LogP contribution >= 0.6 is 22.7 Å². The van der Waals surface area contributed by atoms with Crippen LogP contribution in [0.5, 0.6) is 0 Å². The highest BCUT2D eigenvalue weighted by Gasteiger charge is 2.35. The van der Waals surface area contributed by atoms with Crippen LogP contribution in [0, 0.1) is 0 Å². The van der Waals surface area contributed by atoms with E-state index < -0.39 is 0 Å². The molecule has 0 bridgehead atoms. The minimum absolute atomic E-state index is 0.00101. The van der Waals surface area contributed by atoms with Crippen molar-refractivity contribution in [2.24, 2.45) is 0 Å². The zero-order valence-electron chi connectivity index (χ0n) is 28.3. The quantitative estimate of drug-likeness (QED) is 0.191. The molecule has 0 radical (unpaired) electrons. The maximum Gasteiger partial charge on any atom is 0.135 e. The van der Waals surface area contributed by atoms with E-state index in [9.17, 15) is 0 Å². The summed E-state index contributed by atoms with van der Waals surface area (Å²) in [6.07, 6.45) is -0.124. The minimum Gasteiger partial charge on any atom is -0.456 e. The van der Waals surface area contributed by atoms with Crippen molar-refractivity contribution in [3.63, 3.8) is 0 Å². The maximum atomic E-state index is 6.31. The number of rotatable bonds is 4. The molecule has 0 amide bonds. The molecule has 7 aromatic carbocycles. The number of fused-ring (bicyclic) bond motifs is 9. The van der Waals surface area contributed by atoms with Crippen molar-refractivity contribution in [2.45, 2.75) is 18.5 Å². The third-order valence-corrected chi connectivity index (χ3v) is 13.2. The van der Waals surface area contributed by atoms with Crippen molar-refractivity contribution in [2.75, 3.05) is 7.05 Å². The van der Waals surface area contributed by atoms with Crippen molar-refractivity contribution in [3.8, 4) is 11.1 Å². The van der Waals surface area contributed by atoms with Gasteiger partial charge in [0.15, 0.2) is 0 Å². The molecule has 0 spiro atoms. The first kappa shape index (κ1) is 30.3. The number of hydrogen-bond acceptors (Lipinski definition) is 6. The number of furan rings is 1. The van der Waals surface area contributed by atoms with Gasteiger partial charge in [0.1, 0.15) is 11.2 Å². The van der Waals surface area contributed by atoms with Crippen molar-refractivity contribution in [1.82, 2.24) is 15.5 Å². The van der Waals surface area contributed by atoms with Crippen LogP contribution in [0.1, 0.15) is 35.2 Å². The average molecular weight is 708 g/mol. The van der Waals surface area contributed by atoms with E-state index in [0.29, 0.717) is 0 Å². The topological polar surface area (TPSA) is 40.4 Å². The van der Waals surface area contributed by atoms with Gasteiger partial charge in [0, 0.05) is 51.1 Å². The molecule has 2 N–H and O–H groups in total. The SMILES string of the molecule is CN1C(c2ccccc2)NC(c2ccc3c(c2)oc2ccccc23)NC1c1ccc2c(c1)sc1cc(-c3cccc4c3sc3ccccc34)ccc12. The summed E-state index contributed by atoms with van der Waals surface area (Å²) >= 11 is 3.78. The Hall–Kier alpha value is -5.34. The third kappa shape index (κ3) is 4.77. The number of nitrogens with zero attached hydrogens (tertiary/aromatic N) is 1. The first-order chi connectivity index (χ1) is 25.7. The molecule has 3 unspecified atom stereocenters. The lowest BCUT2D eigenvalue weighted by molar-refractivity contribution is 0.0417. The molecule has 10 aromatic rings. The molecule has 52 heavy (non-hydrogen) atoms. The number of thiophene rings is 2. The van der Waals surface area contributed by atoms with Gasteiger partial charge in [0.25, 0.3) is 0 Å². The van der Waals surface area contributed by atoms with Gasteiger partial charge in [0.05, 0.1) is 18.5 Å². The van der Waals surface area contributed by atoms with Gasteiger partial charge in [-0.05, 0) is 65.2 Å². The summed E-state index contributed by atoms with van der Waals surface area (Å²) in [4.78, 5) is 2.41. The zero-order valence-corrected chi connectivity index (χ0v) is 30.0. The van der Waals surface area contributed by atoms with Crippen LogP contribution in [0.4, 0.5) is 0 Å². The summed E-state index contributed by atoms with van der Waals surface area (Å²) in [7, 11) is 2.21. The van der Waals surface area contributed by atoms with E-state index in [2.05, 4.69) is 162 Å². The Morgan fingerprint density at radius 3 is 2.02 bits per heavy atom. The van der Waals surface area contributed by atoms with Crippen molar-refractivity contribution in [3.05, 3.63) is 168 Å². The van der Waals surface area contributed by atoms with Gasteiger partial charge in [-0.15, -0.1) is 22.7 Å². The lowest BCUT2D eigenvalue weighted by Crippen LogP contribution is -2.54. The second kappa shape index (κ2) is 11.9. The Labute approximate surface area is 308 Å². The monoisotopic (exact) mass is 707 g/mol. The number of hydrogen-bond donors (Lipinski definition) is 2. The fourth-order valence-corrected chi connectivity index (χ4v) is 10.7. The summed E-state index contributed by atoms with van der Waals surface area (Å²) in [6, 6.07) is 55.1. The molecule has 0 saturated carbocycles. The number of para-hydroxylation sites is 1. The molecular weight excluding hydrogens is 675 g/mol. The van der Waals surface area contributed by atoms with Gasteiger partial charge in [-0.2, -0.15) is 0 Å². The van der Waals surface area contributed by atoms with E-state index >= 15 is 0 Å². The molecule has 1 aliphatic rings. The van der Waals surface area contributed by atoms with E-state index in [1.54, 1.807) is 0 Å². The van der Waals surface area contributed by atoms with E-state index in [4.69, 9.17) is 4.42 Å². The van der Waals surface area contributed by atoms with E-state index in [1.165, 1.54) is 62.6 Å². The van der Waals surface area contributed by atoms with Crippen LogP contribution in [0.15, 0.2) is 156 Å². The normalized spacial score (nSPS) is 18.4. The highest BCUT2D eigenvalue weighted by Crippen LogP contribution is 2.43. The molecule has 3 aromatic heterocycles. The number of benzene rings is 7. The Bertz CT molecular complexity index is 2980. The van der Waals surface area contributed by atoms with Gasteiger partial charge < -0.3 is 4.42 Å². The molecule has 3 atom stereocenters. The number of nitrogens with one attached hydrogen (secondary N) is 2. The summed E-state index contributed by atoms with van der Waals surface area (Å²) in [6.45, 7) is 0. The smallest absolute Gasteiger partial charge is 0.135 e. The maximum absolute atomic E-state index is 6.31. The Balaban J connectivity index is 0.985. The fourth-order valence-electron chi connectivity index (χ4n) is 8.27. The first-order valence-corrected chi connectivity index (χ1v) is 19.4. The molecule has 4 nitrogen and oxygen atoms in total. The molecular formula is C46H33N3OS2. The summed E-state index contributed by atoms with van der Waals surface area (Å²) in [5.74, 6) is 0. The van der Waals surface area contributed by atoms with E-state index in [-0.39, 0.29) is 18.5 Å². The van der Waals surface area contributed by atoms with Crippen molar-refractivity contribution < 1.29 is 4.42 Å². The molecule has 6 heteroatoms. The fraction of sp³-hybridized carbons (Fsp3) is 0.0870. The molecule has 250 valence electrons. The Morgan fingerprint density at radius 2 is 1.13 bits per heavy atom. The van der Waals surface area contributed by atoms with Crippen LogP contribution in [-0.4, -0.2) is 11.9 Å². The van der Waals surface area contributed by atoms with E-state index in [0.717, 1.165) is 27.5 Å². The van der Waals surface area contributed by atoms with Gasteiger partial charge in [-0.25, -0.2) is 0 Å². The molecule has 11 rings (SSSR count). The van der Waals surface area contributed by atoms with E-state index in [1.807, 2.05) is 34.8 Å². The minimum atomic E-state index is -0.0960. The van der Waals surface area contributed by atoms with Crippen molar-refractivity contribution >= 4 is 85.0 Å². The van der Waals surface area contributed by atoms with Crippen LogP contribution in [0.2, 0.25) is 0 Å². The van der Waals surface area contributed by atoms with Gasteiger partial charge in [-0.3, -0.25) is 15.5 Å². The lowest BCUT2D eigenvalue weighted by atomic mass is 10.00. The molecule has 1 aliphatic heterocycles. The summed E-state index contributed by atoms with van der Waals surface area (Å²) in [5, 5.41) is 15.5. The lowest BCUT2D eigenvalue weighted by Gasteiger charge is -2.45.